The molecule has 0 amide bonds. The Morgan fingerprint density at radius 3 is 2.90 bits per heavy atom. The van der Waals surface area contributed by atoms with Gasteiger partial charge in [-0.05, 0) is 42.5 Å². The Morgan fingerprint density at radius 2 is 2.20 bits per heavy atom. The van der Waals surface area contributed by atoms with Gasteiger partial charge in [0.2, 0.25) is 0 Å². The van der Waals surface area contributed by atoms with Crippen molar-refractivity contribution in [3.8, 4) is 0 Å². The number of rotatable bonds is 5. The van der Waals surface area contributed by atoms with Crippen LogP contribution in [0.2, 0.25) is 0 Å². The Kier molecular flexibility index (Phi) is 5.12. The van der Waals surface area contributed by atoms with Gasteiger partial charge < -0.3 is 10.5 Å². The molecule has 0 spiro atoms. The van der Waals surface area contributed by atoms with E-state index in [4.69, 9.17) is 15.9 Å². The Hall–Kier alpha value is -1.42. The second kappa shape index (κ2) is 6.84. The minimum atomic E-state index is -0.369. The lowest BCUT2D eigenvalue weighted by Gasteiger charge is -2.28. The van der Waals surface area contributed by atoms with Crippen molar-refractivity contribution in [2.75, 3.05) is 0 Å². The largest absolute Gasteiger partial charge is 0.384 e. The highest BCUT2D eigenvalue weighted by molar-refractivity contribution is 5.95. The Morgan fingerprint density at radius 1 is 1.40 bits per heavy atom. The average molecular weight is 278 g/mol. The summed E-state index contributed by atoms with van der Waals surface area (Å²) in [6, 6.07) is 4.46. The van der Waals surface area contributed by atoms with Crippen molar-refractivity contribution in [1.82, 2.24) is 0 Å². The van der Waals surface area contributed by atoms with Gasteiger partial charge in [0, 0.05) is 5.56 Å². The second-order valence-corrected chi connectivity index (χ2v) is 5.64. The third-order valence-electron chi connectivity index (χ3n) is 4.07. The van der Waals surface area contributed by atoms with E-state index in [9.17, 15) is 4.39 Å². The summed E-state index contributed by atoms with van der Waals surface area (Å²) in [5.74, 6) is 0.273. The minimum Gasteiger partial charge on any atom is -0.384 e. The molecule has 1 aliphatic rings. The molecule has 0 bridgehead atoms. The zero-order valence-corrected chi connectivity index (χ0v) is 12.0. The molecule has 3 N–H and O–H groups in total. The Labute approximate surface area is 119 Å². The molecule has 1 fully saturated rings. The summed E-state index contributed by atoms with van der Waals surface area (Å²) in [5.41, 5.74) is 6.56. The first kappa shape index (κ1) is 15.0. The molecule has 20 heavy (non-hydrogen) atoms. The molecule has 0 aromatic heterocycles. The first-order valence-electron chi connectivity index (χ1n) is 7.34. The molecular weight excluding hydrogens is 255 g/mol. The minimum absolute atomic E-state index is 0.116. The van der Waals surface area contributed by atoms with Crippen LogP contribution >= 0.6 is 0 Å². The molecule has 0 aliphatic heterocycles. The van der Waals surface area contributed by atoms with Gasteiger partial charge in [-0.3, -0.25) is 5.41 Å². The molecule has 2 rings (SSSR count). The first-order chi connectivity index (χ1) is 9.58. The van der Waals surface area contributed by atoms with E-state index in [1.54, 1.807) is 6.07 Å². The monoisotopic (exact) mass is 278 g/mol. The van der Waals surface area contributed by atoms with Gasteiger partial charge in [0.1, 0.15) is 11.7 Å². The summed E-state index contributed by atoms with van der Waals surface area (Å²) in [6.45, 7) is 2.61. The van der Waals surface area contributed by atoms with Gasteiger partial charge in [-0.1, -0.05) is 26.2 Å². The molecule has 1 aromatic rings. The van der Waals surface area contributed by atoms with Crippen LogP contribution < -0.4 is 5.73 Å². The quantitative estimate of drug-likeness (QED) is 0.638. The highest BCUT2D eigenvalue weighted by Crippen LogP contribution is 2.29. The predicted molar refractivity (Wildman–Crippen MR) is 78.2 cm³/mol. The lowest BCUT2D eigenvalue weighted by molar-refractivity contribution is 0.00167. The number of ether oxygens (including phenoxy) is 1. The second-order valence-electron chi connectivity index (χ2n) is 5.64. The maximum absolute atomic E-state index is 13.5. The van der Waals surface area contributed by atoms with Crippen LogP contribution in [0.4, 0.5) is 4.39 Å². The molecule has 0 heterocycles. The SMILES string of the molecule is CCC1CCCC(OCc2cc(F)cc(C(=N)N)c2)C1. The van der Waals surface area contributed by atoms with Crippen LogP contribution in [0.1, 0.15) is 50.2 Å². The standard InChI is InChI=1S/C16H23FN2O/c1-2-11-4-3-5-15(8-11)20-10-12-6-13(16(18)19)9-14(17)7-12/h6-7,9,11,15H,2-5,8,10H2,1H3,(H3,18,19). The highest BCUT2D eigenvalue weighted by atomic mass is 19.1. The zero-order chi connectivity index (χ0) is 14.5. The average Bonchev–Trinajstić information content (AvgIpc) is 2.44. The molecule has 1 aliphatic carbocycles. The van der Waals surface area contributed by atoms with E-state index in [1.165, 1.54) is 31.4 Å². The van der Waals surface area contributed by atoms with Crippen molar-refractivity contribution in [2.45, 2.75) is 51.7 Å². The van der Waals surface area contributed by atoms with E-state index in [0.29, 0.717) is 12.2 Å². The maximum Gasteiger partial charge on any atom is 0.124 e. The van der Waals surface area contributed by atoms with E-state index >= 15 is 0 Å². The summed E-state index contributed by atoms with van der Waals surface area (Å²) in [4.78, 5) is 0. The topological polar surface area (TPSA) is 59.1 Å². The Bertz CT molecular complexity index is 476. The van der Waals surface area contributed by atoms with Gasteiger partial charge in [-0.2, -0.15) is 0 Å². The molecule has 3 nitrogen and oxygen atoms in total. The van der Waals surface area contributed by atoms with Crippen LogP contribution in [-0.4, -0.2) is 11.9 Å². The normalized spacial score (nSPS) is 22.7. The molecule has 1 aromatic carbocycles. The van der Waals surface area contributed by atoms with Gasteiger partial charge in [-0.25, -0.2) is 4.39 Å². The maximum atomic E-state index is 13.5. The van der Waals surface area contributed by atoms with E-state index in [-0.39, 0.29) is 17.8 Å². The number of benzene rings is 1. The first-order valence-corrected chi connectivity index (χ1v) is 7.34. The lowest BCUT2D eigenvalue weighted by Crippen LogP contribution is -2.22. The van der Waals surface area contributed by atoms with E-state index in [1.807, 2.05) is 0 Å². The fraction of sp³-hybridized carbons (Fsp3) is 0.562. The fourth-order valence-electron chi connectivity index (χ4n) is 2.87. The molecule has 4 heteroatoms. The Balaban J connectivity index is 1.95. The summed E-state index contributed by atoms with van der Waals surface area (Å²) in [7, 11) is 0. The van der Waals surface area contributed by atoms with Crippen molar-refractivity contribution in [2.24, 2.45) is 11.7 Å². The molecule has 2 unspecified atom stereocenters. The van der Waals surface area contributed by atoms with Crippen LogP contribution in [0.25, 0.3) is 0 Å². The molecule has 1 saturated carbocycles. The third kappa shape index (κ3) is 4.04. The number of halogens is 1. The number of hydrogen-bond acceptors (Lipinski definition) is 2. The summed E-state index contributed by atoms with van der Waals surface area (Å²) < 4.78 is 19.4. The number of nitrogens with one attached hydrogen (secondary N) is 1. The number of hydrogen-bond donors (Lipinski definition) is 2. The number of amidine groups is 1. The number of nitrogens with two attached hydrogens (primary N) is 1. The van der Waals surface area contributed by atoms with E-state index in [2.05, 4.69) is 6.92 Å². The summed E-state index contributed by atoms with van der Waals surface area (Å²) in [5, 5.41) is 7.38. The fourth-order valence-corrected chi connectivity index (χ4v) is 2.87. The van der Waals surface area contributed by atoms with Crippen LogP contribution in [0.5, 0.6) is 0 Å². The van der Waals surface area contributed by atoms with Crippen molar-refractivity contribution in [3.05, 3.63) is 35.1 Å². The van der Waals surface area contributed by atoms with Crippen LogP contribution in [0.15, 0.2) is 18.2 Å². The summed E-state index contributed by atoms with van der Waals surface area (Å²) >= 11 is 0. The van der Waals surface area contributed by atoms with Crippen LogP contribution in [0.3, 0.4) is 0 Å². The smallest absolute Gasteiger partial charge is 0.124 e. The van der Waals surface area contributed by atoms with Gasteiger partial charge in [-0.15, -0.1) is 0 Å². The highest BCUT2D eigenvalue weighted by Gasteiger charge is 2.21. The van der Waals surface area contributed by atoms with Crippen molar-refractivity contribution < 1.29 is 9.13 Å². The van der Waals surface area contributed by atoms with E-state index < -0.39 is 0 Å². The van der Waals surface area contributed by atoms with Crippen LogP contribution in [0, 0.1) is 17.1 Å². The third-order valence-corrected chi connectivity index (χ3v) is 4.07. The van der Waals surface area contributed by atoms with Crippen molar-refractivity contribution >= 4 is 5.84 Å². The van der Waals surface area contributed by atoms with Crippen molar-refractivity contribution in [3.63, 3.8) is 0 Å². The molecular formula is C16H23FN2O. The zero-order valence-electron chi connectivity index (χ0n) is 12.0. The number of nitrogen functional groups attached to an aromatic ring is 1. The lowest BCUT2D eigenvalue weighted by atomic mass is 9.85. The molecule has 110 valence electrons. The molecule has 0 saturated heterocycles. The molecule has 0 radical (unpaired) electrons. The summed E-state index contributed by atoms with van der Waals surface area (Å²) in [6.07, 6.45) is 6.18. The van der Waals surface area contributed by atoms with Gasteiger partial charge >= 0.3 is 0 Å². The van der Waals surface area contributed by atoms with E-state index in [0.717, 1.165) is 24.3 Å². The van der Waals surface area contributed by atoms with Gasteiger partial charge in [0.25, 0.3) is 0 Å². The predicted octanol–water partition coefficient (Wildman–Crippen LogP) is 3.60. The molecule has 2 atom stereocenters. The van der Waals surface area contributed by atoms with Crippen LogP contribution in [-0.2, 0) is 11.3 Å². The van der Waals surface area contributed by atoms with Crippen molar-refractivity contribution in [1.29, 1.82) is 5.41 Å². The van der Waals surface area contributed by atoms with Gasteiger partial charge in [0.05, 0.1) is 12.7 Å². The van der Waals surface area contributed by atoms with Gasteiger partial charge in [0.15, 0.2) is 0 Å².